The van der Waals surface area contributed by atoms with E-state index < -0.39 is 5.97 Å². The van der Waals surface area contributed by atoms with E-state index in [2.05, 4.69) is 14.9 Å². The van der Waals surface area contributed by atoms with Gasteiger partial charge >= 0.3 is 5.97 Å². The first-order valence-corrected chi connectivity index (χ1v) is 3.84. The first kappa shape index (κ1) is 10.7. The van der Waals surface area contributed by atoms with Crippen molar-refractivity contribution >= 4 is 5.97 Å². The summed E-state index contributed by atoms with van der Waals surface area (Å²) in [7, 11) is 1.33. The Labute approximate surface area is 71.9 Å². The normalized spacial score (nSPS) is 8.33. The minimum absolute atomic E-state index is 0.319. The van der Waals surface area contributed by atoms with Crippen LogP contribution >= 0.6 is 0 Å². The van der Waals surface area contributed by atoms with Crippen LogP contribution in [0.15, 0.2) is 6.07 Å². The molecule has 0 amide bonds. The standard InChI is InChI=1S/C6H8N2O2.C2H6/c1-4-3-5(8-7-4)6(9)10-2;1-2/h3H,1-2H3,(H,7,8);1-2H3. The monoisotopic (exact) mass is 170 g/mol. The fourth-order valence-corrected chi connectivity index (χ4v) is 0.627. The molecule has 0 aliphatic rings. The summed E-state index contributed by atoms with van der Waals surface area (Å²) < 4.78 is 4.43. The van der Waals surface area contributed by atoms with E-state index in [1.165, 1.54) is 7.11 Å². The molecule has 1 aromatic heterocycles. The number of carbonyl (C=O) groups excluding carboxylic acids is 1. The number of H-pyrrole nitrogens is 1. The largest absolute Gasteiger partial charge is 0.464 e. The Bertz CT molecular complexity index is 243. The average molecular weight is 170 g/mol. The number of carbonyl (C=O) groups is 1. The molecule has 0 saturated carbocycles. The van der Waals surface area contributed by atoms with Crippen LogP contribution in [-0.2, 0) is 4.74 Å². The van der Waals surface area contributed by atoms with Crippen molar-refractivity contribution in [2.24, 2.45) is 0 Å². The molecule has 1 N–H and O–H groups in total. The fourth-order valence-electron chi connectivity index (χ4n) is 0.627. The Morgan fingerprint density at radius 2 is 2.17 bits per heavy atom. The van der Waals surface area contributed by atoms with Crippen molar-refractivity contribution in [1.82, 2.24) is 10.2 Å². The van der Waals surface area contributed by atoms with E-state index in [-0.39, 0.29) is 0 Å². The van der Waals surface area contributed by atoms with Crippen LogP contribution in [0.5, 0.6) is 0 Å². The van der Waals surface area contributed by atoms with Gasteiger partial charge in [-0.3, -0.25) is 5.10 Å². The van der Waals surface area contributed by atoms with E-state index in [1.807, 2.05) is 20.8 Å². The van der Waals surface area contributed by atoms with Gasteiger partial charge in [0.05, 0.1) is 7.11 Å². The molecule has 1 aromatic rings. The predicted octanol–water partition coefficient (Wildman–Crippen LogP) is 1.53. The number of hydrogen-bond donors (Lipinski definition) is 1. The van der Waals surface area contributed by atoms with E-state index in [9.17, 15) is 4.79 Å². The quantitative estimate of drug-likeness (QED) is 0.650. The summed E-state index contributed by atoms with van der Waals surface area (Å²) in [5.41, 5.74) is 1.17. The van der Waals surface area contributed by atoms with Gasteiger partial charge in [-0.1, -0.05) is 13.8 Å². The van der Waals surface area contributed by atoms with Gasteiger partial charge in [0, 0.05) is 5.69 Å². The van der Waals surface area contributed by atoms with Gasteiger partial charge in [0.15, 0.2) is 5.69 Å². The highest BCUT2D eigenvalue weighted by Crippen LogP contribution is 1.98. The molecule has 12 heavy (non-hydrogen) atoms. The van der Waals surface area contributed by atoms with Crippen molar-refractivity contribution in [3.05, 3.63) is 17.5 Å². The maximum absolute atomic E-state index is 10.7. The summed E-state index contributed by atoms with van der Waals surface area (Å²) in [6, 6.07) is 1.63. The lowest BCUT2D eigenvalue weighted by Crippen LogP contribution is -2.00. The molecule has 0 unspecified atom stereocenters. The lowest BCUT2D eigenvalue weighted by molar-refractivity contribution is 0.0594. The summed E-state index contributed by atoms with van der Waals surface area (Å²) in [6.07, 6.45) is 0. The zero-order chi connectivity index (χ0) is 9.56. The van der Waals surface area contributed by atoms with Crippen LogP contribution in [0.3, 0.4) is 0 Å². The first-order chi connectivity index (χ1) is 5.74. The number of ether oxygens (including phenoxy) is 1. The summed E-state index contributed by atoms with van der Waals surface area (Å²) in [5, 5.41) is 6.32. The Hall–Kier alpha value is -1.32. The number of rotatable bonds is 1. The second kappa shape index (κ2) is 5.35. The van der Waals surface area contributed by atoms with Gasteiger partial charge in [-0.15, -0.1) is 0 Å². The highest BCUT2D eigenvalue weighted by atomic mass is 16.5. The Kier molecular flexibility index (Phi) is 4.76. The van der Waals surface area contributed by atoms with Crippen molar-refractivity contribution in [1.29, 1.82) is 0 Å². The molecule has 0 spiro atoms. The zero-order valence-electron chi connectivity index (χ0n) is 7.84. The lowest BCUT2D eigenvalue weighted by Gasteiger charge is -1.89. The Morgan fingerprint density at radius 1 is 1.58 bits per heavy atom. The molecule has 0 aliphatic carbocycles. The van der Waals surface area contributed by atoms with Crippen LogP contribution in [0, 0.1) is 6.92 Å². The number of aromatic nitrogens is 2. The number of methoxy groups -OCH3 is 1. The van der Waals surface area contributed by atoms with Crippen LogP contribution in [-0.4, -0.2) is 23.3 Å². The number of aromatic amines is 1. The molecule has 4 heteroatoms. The molecule has 4 nitrogen and oxygen atoms in total. The van der Waals surface area contributed by atoms with Crippen molar-refractivity contribution in [2.75, 3.05) is 7.11 Å². The van der Waals surface area contributed by atoms with Crippen molar-refractivity contribution in [2.45, 2.75) is 20.8 Å². The van der Waals surface area contributed by atoms with E-state index in [4.69, 9.17) is 0 Å². The second-order valence-electron chi connectivity index (χ2n) is 1.93. The molecule has 0 bridgehead atoms. The third-order valence-electron chi connectivity index (χ3n) is 1.10. The van der Waals surface area contributed by atoms with Crippen LogP contribution in [0.4, 0.5) is 0 Å². The number of nitrogens with zero attached hydrogens (tertiary/aromatic N) is 1. The maximum atomic E-state index is 10.7. The minimum atomic E-state index is -0.413. The Morgan fingerprint density at radius 3 is 2.50 bits per heavy atom. The summed E-state index contributed by atoms with van der Waals surface area (Å²) in [5.74, 6) is -0.413. The van der Waals surface area contributed by atoms with Gasteiger partial charge in [-0.2, -0.15) is 5.10 Å². The smallest absolute Gasteiger partial charge is 0.358 e. The van der Waals surface area contributed by atoms with E-state index in [1.54, 1.807) is 6.07 Å². The lowest BCUT2D eigenvalue weighted by atomic mass is 10.4. The molecule has 0 saturated heterocycles. The van der Waals surface area contributed by atoms with Crippen molar-refractivity contribution in [3.8, 4) is 0 Å². The number of hydrogen-bond acceptors (Lipinski definition) is 3. The SMILES string of the molecule is CC.COC(=O)c1cc(C)[nH]n1. The van der Waals surface area contributed by atoms with Gasteiger partial charge in [0.25, 0.3) is 0 Å². The fraction of sp³-hybridized carbons (Fsp3) is 0.500. The Balaban J connectivity index is 0.000000561. The van der Waals surface area contributed by atoms with Crippen LogP contribution in [0.1, 0.15) is 30.0 Å². The average Bonchev–Trinajstić information content (AvgIpc) is 2.54. The highest BCUT2D eigenvalue weighted by Gasteiger charge is 2.07. The molecule has 0 aliphatic heterocycles. The summed E-state index contributed by atoms with van der Waals surface area (Å²) in [4.78, 5) is 10.7. The van der Waals surface area contributed by atoms with Crippen LogP contribution in [0.2, 0.25) is 0 Å². The zero-order valence-corrected chi connectivity index (χ0v) is 7.84. The second-order valence-corrected chi connectivity index (χ2v) is 1.93. The molecule has 0 aromatic carbocycles. The molecule has 68 valence electrons. The third-order valence-corrected chi connectivity index (χ3v) is 1.10. The molecule has 1 rings (SSSR count). The van der Waals surface area contributed by atoms with Gasteiger partial charge in [0.1, 0.15) is 0 Å². The molecule has 0 atom stereocenters. The number of esters is 1. The van der Waals surface area contributed by atoms with Gasteiger partial charge in [0.2, 0.25) is 0 Å². The molecule has 1 heterocycles. The van der Waals surface area contributed by atoms with E-state index in [0.29, 0.717) is 5.69 Å². The summed E-state index contributed by atoms with van der Waals surface area (Å²) >= 11 is 0. The maximum Gasteiger partial charge on any atom is 0.358 e. The molecular weight excluding hydrogens is 156 g/mol. The van der Waals surface area contributed by atoms with Crippen LogP contribution in [0.25, 0.3) is 0 Å². The first-order valence-electron chi connectivity index (χ1n) is 3.84. The highest BCUT2D eigenvalue weighted by molar-refractivity contribution is 5.87. The van der Waals surface area contributed by atoms with E-state index in [0.717, 1.165) is 5.69 Å². The van der Waals surface area contributed by atoms with Gasteiger partial charge < -0.3 is 4.74 Å². The molecular formula is C8H14N2O2. The number of nitrogens with one attached hydrogen (secondary N) is 1. The van der Waals surface area contributed by atoms with E-state index >= 15 is 0 Å². The number of aryl methyl sites for hydroxylation is 1. The topological polar surface area (TPSA) is 55.0 Å². The molecule has 0 fully saturated rings. The van der Waals surface area contributed by atoms with Crippen LogP contribution < -0.4 is 0 Å². The minimum Gasteiger partial charge on any atom is -0.464 e. The van der Waals surface area contributed by atoms with Crippen molar-refractivity contribution < 1.29 is 9.53 Å². The molecule has 0 radical (unpaired) electrons. The third kappa shape index (κ3) is 2.74. The summed E-state index contributed by atoms with van der Waals surface area (Å²) in [6.45, 7) is 5.82. The predicted molar refractivity (Wildman–Crippen MR) is 46.0 cm³/mol. The van der Waals surface area contributed by atoms with Gasteiger partial charge in [-0.25, -0.2) is 4.79 Å². The van der Waals surface area contributed by atoms with Gasteiger partial charge in [-0.05, 0) is 13.0 Å². The van der Waals surface area contributed by atoms with Crippen molar-refractivity contribution in [3.63, 3.8) is 0 Å².